The van der Waals surface area contributed by atoms with Gasteiger partial charge in [0.1, 0.15) is 23.0 Å². The summed E-state index contributed by atoms with van der Waals surface area (Å²) in [5.41, 5.74) is 1.81. The number of fused-ring (bicyclic) bond motifs is 1. The quantitative estimate of drug-likeness (QED) is 0.754. The highest BCUT2D eigenvalue weighted by molar-refractivity contribution is 7.18. The van der Waals surface area contributed by atoms with Crippen molar-refractivity contribution in [3.8, 4) is 17.1 Å². The summed E-state index contributed by atoms with van der Waals surface area (Å²) in [5, 5.41) is 9.47. The normalized spacial score (nSPS) is 11.1. The molecule has 0 spiro atoms. The van der Waals surface area contributed by atoms with Crippen LogP contribution in [-0.4, -0.2) is 28.3 Å². The van der Waals surface area contributed by atoms with Crippen LogP contribution in [0, 0.1) is 6.92 Å². The predicted octanol–water partition coefficient (Wildman–Crippen LogP) is 2.89. The summed E-state index contributed by atoms with van der Waals surface area (Å²) in [6.45, 7) is 4.31. The number of hydrogen-bond acceptors (Lipinski definition) is 5. The first-order valence-electron chi connectivity index (χ1n) is 7.50. The number of aromatic nitrogens is 2. The van der Waals surface area contributed by atoms with E-state index in [0.29, 0.717) is 17.0 Å². The average Bonchev–Trinajstić information content (AvgIpc) is 2.89. The van der Waals surface area contributed by atoms with Crippen LogP contribution in [0.25, 0.3) is 21.6 Å². The van der Waals surface area contributed by atoms with Crippen LogP contribution in [0.2, 0.25) is 0 Å². The van der Waals surface area contributed by atoms with Gasteiger partial charge in [0, 0.05) is 10.4 Å². The largest absolute Gasteiger partial charge is 0.491 e. The molecule has 1 aromatic carbocycles. The van der Waals surface area contributed by atoms with Crippen LogP contribution < -0.4 is 10.3 Å². The molecule has 0 saturated heterocycles. The molecular formula is C17H18N2O3S. The lowest BCUT2D eigenvalue weighted by atomic mass is 10.1. The van der Waals surface area contributed by atoms with E-state index in [2.05, 4.69) is 9.97 Å². The maximum Gasteiger partial charge on any atom is 0.260 e. The van der Waals surface area contributed by atoms with Crippen molar-refractivity contribution in [2.45, 2.75) is 20.3 Å². The maximum atomic E-state index is 12.4. The zero-order valence-electron chi connectivity index (χ0n) is 13.0. The Morgan fingerprint density at radius 2 is 2.04 bits per heavy atom. The fourth-order valence-corrected chi connectivity index (χ4v) is 3.72. The third kappa shape index (κ3) is 3.00. The number of thiophene rings is 1. The molecule has 6 heteroatoms. The molecule has 3 aromatic rings. The first kappa shape index (κ1) is 15.7. The number of rotatable bonds is 5. The van der Waals surface area contributed by atoms with Crippen LogP contribution in [0.4, 0.5) is 0 Å². The highest BCUT2D eigenvalue weighted by Crippen LogP contribution is 2.29. The molecule has 0 atom stereocenters. The van der Waals surface area contributed by atoms with Gasteiger partial charge in [-0.05, 0) is 43.2 Å². The number of aliphatic hydroxyl groups is 1. The topological polar surface area (TPSA) is 75.2 Å². The Balaban J connectivity index is 2.02. The lowest BCUT2D eigenvalue weighted by molar-refractivity contribution is 0.201. The number of H-pyrrole nitrogens is 1. The van der Waals surface area contributed by atoms with Gasteiger partial charge in [-0.25, -0.2) is 4.98 Å². The van der Waals surface area contributed by atoms with Crippen molar-refractivity contribution < 1.29 is 9.84 Å². The van der Waals surface area contributed by atoms with E-state index >= 15 is 0 Å². The number of nitrogens with zero attached hydrogens (tertiary/aromatic N) is 1. The van der Waals surface area contributed by atoms with E-state index in [1.54, 1.807) is 23.5 Å². The second kappa shape index (κ2) is 6.52. The standard InChI is InChI=1S/C17H18N2O3S/c1-3-13-10(2)23-17-14(13)16(21)18-15(19-17)11-4-6-12(7-5-11)22-9-8-20/h4-7,20H,3,8-9H2,1-2H3,(H,18,19,21). The van der Waals surface area contributed by atoms with Crippen molar-refractivity contribution >= 4 is 21.6 Å². The summed E-state index contributed by atoms with van der Waals surface area (Å²) in [4.78, 5) is 21.8. The third-order valence-electron chi connectivity index (χ3n) is 3.70. The number of hydrogen-bond donors (Lipinski definition) is 2. The number of benzene rings is 1. The molecule has 0 bridgehead atoms. The molecule has 0 fully saturated rings. The van der Waals surface area contributed by atoms with Crippen LogP contribution in [0.1, 0.15) is 17.4 Å². The van der Waals surface area contributed by atoms with Gasteiger partial charge >= 0.3 is 0 Å². The smallest absolute Gasteiger partial charge is 0.260 e. The number of nitrogens with one attached hydrogen (secondary N) is 1. The minimum absolute atomic E-state index is 0.0230. The molecule has 2 N–H and O–H groups in total. The molecule has 0 aliphatic carbocycles. The van der Waals surface area contributed by atoms with Crippen LogP contribution in [-0.2, 0) is 6.42 Å². The number of ether oxygens (including phenoxy) is 1. The van der Waals surface area contributed by atoms with Gasteiger partial charge in [0.05, 0.1) is 12.0 Å². The van der Waals surface area contributed by atoms with E-state index in [4.69, 9.17) is 9.84 Å². The summed E-state index contributed by atoms with van der Waals surface area (Å²) in [6.07, 6.45) is 0.826. The highest BCUT2D eigenvalue weighted by atomic mass is 32.1. The molecule has 2 aromatic heterocycles. The molecule has 0 aliphatic heterocycles. The molecule has 0 saturated carbocycles. The summed E-state index contributed by atoms with van der Waals surface area (Å²) in [5.74, 6) is 1.23. The zero-order valence-corrected chi connectivity index (χ0v) is 13.9. The first-order valence-corrected chi connectivity index (χ1v) is 8.32. The van der Waals surface area contributed by atoms with Crippen molar-refractivity contribution in [1.29, 1.82) is 0 Å². The third-order valence-corrected chi connectivity index (χ3v) is 4.75. The molecule has 0 radical (unpaired) electrons. The molecule has 2 heterocycles. The Hall–Kier alpha value is -2.18. The monoisotopic (exact) mass is 330 g/mol. The van der Waals surface area contributed by atoms with E-state index in [1.165, 1.54) is 0 Å². The van der Waals surface area contributed by atoms with E-state index in [9.17, 15) is 4.79 Å². The lowest BCUT2D eigenvalue weighted by Gasteiger charge is -2.05. The minimum atomic E-state index is -0.0909. The molecular weight excluding hydrogens is 312 g/mol. The minimum Gasteiger partial charge on any atom is -0.491 e. The van der Waals surface area contributed by atoms with Gasteiger partial charge in [-0.3, -0.25) is 4.79 Å². The molecule has 0 aliphatic rings. The van der Waals surface area contributed by atoms with Gasteiger partial charge in [-0.1, -0.05) is 6.92 Å². The molecule has 5 nitrogen and oxygen atoms in total. The van der Waals surface area contributed by atoms with Crippen LogP contribution in [0.15, 0.2) is 29.1 Å². The first-order chi connectivity index (χ1) is 11.1. The van der Waals surface area contributed by atoms with Gasteiger partial charge in [-0.15, -0.1) is 11.3 Å². The fraction of sp³-hybridized carbons (Fsp3) is 0.294. The van der Waals surface area contributed by atoms with Gasteiger partial charge in [0.15, 0.2) is 0 Å². The Morgan fingerprint density at radius 1 is 1.30 bits per heavy atom. The maximum absolute atomic E-state index is 12.4. The highest BCUT2D eigenvalue weighted by Gasteiger charge is 2.14. The van der Waals surface area contributed by atoms with E-state index in [0.717, 1.165) is 27.3 Å². The van der Waals surface area contributed by atoms with Gasteiger partial charge in [0.25, 0.3) is 5.56 Å². The van der Waals surface area contributed by atoms with E-state index < -0.39 is 0 Å². The van der Waals surface area contributed by atoms with Gasteiger partial charge < -0.3 is 14.8 Å². The molecule has 0 amide bonds. The van der Waals surface area contributed by atoms with Crippen LogP contribution in [0.3, 0.4) is 0 Å². The average molecular weight is 330 g/mol. The Labute approximate surface area is 137 Å². The van der Waals surface area contributed by atoms with Crippen molar-refractivity contribution in [2.24, 2.45) is 0 Å². The van der Waals surface area contributed by atoms with Crippen molar-refractivity contribution in [2.75, 3.05) is 13.2 Å². The Bertz CT molecular complexity index is 881. The number of aryl methyl sites for hydroxylation is 2. The molecule has 120 valence electrons. The van der Waals surface area contributed by atoms with Crippen LogP contribution >= 0.6 is 11.3 Å². The SMILES string of the molecule is CCc1c(C)sc2nc(-c3ccc(OCCO)cc3)[nH]c(=O)c12. The lowest BCUT2D eigenvalue weighted by Crippen LogP contribution is -2.09. The number of aliphatic hydroxyl groups excluding tert-OH is 1. The van der Waals surface area contributed by atoms with E-state index in [1.807, 2.05) is 26.0 Å². The van der Waals surface area contributed by atoms with Gasteiger partial charge in [0.2, 0.25) is 0 Å². The Kier molecular flexibility index (Phi) is 4.45. The fourth-order valence-electron chi connectivity index (χ4n) is 2.61. The van der Waals surface area contributed by atoms with Gasteiger partial charge in [-0.2, -0.15) is 0 Å². The van der Waals surface area contributed by atoms with Crippen molar-refractivity contribution in [3.05, 3.63) is 45.1 Å². The second-order valence-electron chi connectivity index (χ2n) is 5.18. The van der Waals surface area contributed by atoms with E-state index in [-0.39, 0.29) is 18.8 Å². The van der Waals surface area contributed by atoms with Crippen LogP contribution in [0.5, 0.6) is 5.75 Å². The second-order valence-corrected chi connectivity index (χ2v) is 6.38. The molecule has 0 unspecified atom stereocenters. The Morgan fingerprint density at radius 3 is 2.70 bits per heavy atom. The molecule has 23 heavy (non-hydrogen) atoms. The zero-order chi connectivity index (χ0) is 16.4. The summed E-state index contributed by atoms with van der Waals surface area (Å²) < 4.78 is 5.33. The van der Waals surface area contributed by atoms with Crippen molar-refractivity contribution in [1.82, 2.24) is 9.97 Å². The van der Waals surface area contributed by atoms with Crippen molar-refractivity contribution in [3.63, 3.8) is 0 Å². The summed E-state index contributed by atoms with van der Waals surface area (Å²) in [6, 6.07) is 7.29. The number of aromatic amines is 1. The summed E-state index contributed by atoms with van der Waals surface area (Å²) >= 11 is 1.56. The predicted molar refractivity (Wildman–Crippen MR) is 92.4 cm³/mol. The molecule has 3 rings (SSSR count). The summed E-state index contributed by atoms with van der Waals surface area (Å²) in [7, 11) is 0.